The number of hydrogen-bond donors (Lipinski definition) is 2. The molecule has 0 spiro atoms. The van der Waals surface area contributed by atoms with E-state index in [1.54, 1.807) is 6.92 Å². The quantitative estimate of drug-likeness (QED) is 0.623. The molecule has 4 aliphatic heterocycles. The molecule has 6 heteroatoms. The average molecular weight is 254 g/mol. The summed E-state index contributed by atoms with van der Waals surface area (Å²) in [4.78, 5) is 26.1. The Kier molecular flexibility index (Phi) is 2.44. The number of aliphatic hydroxyl groups is 1. The number of hydrogen-bond acceptors (Lipinski definition) is 5. The molecule has 1 amide bonds. The molecule has 4 atom stereocenters. The van der Waals surface area contributed by atoms with Crippen molar-refractivity contribution in [2.24, 2.45) is 11.3 Å². The monoisotopic (exact) mass is 254 g/mol. The number of piperidine rings is 4. The molecule has 0 radical (unpaired) electrons. The molecule has 0 aliphatic carbocycles. The molecular formula is C12H18N2O4. The minimum atomic E-state index is -1.46. The van der Waals surface area contributed by atoms with Gasteiger partial charge in [0.05, 0.1) is 6.61 Å². The molecule has 4 saturated heterocycles. The molecule has 4 rings (SSSR count). The molecule has 0 aromatic heterocycles. The van der Waals surface area contributed by atoms with Gasteiger partial charge < -0.3 is 15.2 Å². The number of esters is 1. The van der Waals surface area contributed by atoms with E-state index < -0.39 is 11.1 Å². The Labute approximate surface area is 105 Å². The van der Waals surface area contributed by atoms with Crippen molar-refractivity contribution in [1.82, 2.24) is 10.2 Å². The predicted octanol–water partition coefficient (Wildman–Crippen LogP) is -0.920. The number of carbonyl (C=O) groups excluding carboxylic acids is 2. The third-order valence-electron chi connectivity index (χ3n) is 4.61. The van der Waals surface area contributed by atoms with Gasteiger partial charge in [-0.2, -0.15) is 0 Å². The summed E-state index contributed by atoms with van der Waals surface area (Å²) in [5.74, 6) is -0.682. The summed E-state index contributed by atoms with van der Waals surface area (Å²) in [6.45, 7) is 3.82. The Balaban J connectivity index is 2.03. The molecular weight excluding hydrogens is 236 g/mol. The van der Waals surface area contributed by atoms with Crippen molar-refractivity contribution < 1.29 is 19.4 Å². The van der Waals surface area contributed by atoms with Crippen molar-refractivity contribution in [3.05, 3.63) is 0 Å². The van der Waals surface area contributed by atoms with Gasteiger partial charge in [-0.05, 0) is 19.9 Å². The third kappa shape index (κ3) is 1.30. The average Bonchev–Trinajstić information content (AvgIpc) is 2.27. The summed E-state index contributed by atoms with van der Waals surface area (Å²) in [5, 5.41) is 13.3. The van der Waals surface area contributed by atoms with Crippen LogP contribution < -0.4 is 5.32 Å². The van der Waals surface area contributed by atoms with E-state index >= 15 is 0 Å². The second kappa shape index (κ2) is 3.68. The van der Waals surface area contributed by atoms with Crippen molar-refractivity contribution in [3.63, 3.8) is 0 Å². The standard InChI is InChI=1S/C12H18N2O4/c1-2-18-10(16)11-3-4-14-6-8(11)5-9(15)13-12(11,17)7-14/h8,17H,2-7H2,1H3,(H,13,15). The van der Waals surface area contributed by atoms with Crippen LogP contribution in [0.1, 0.15) is 19.8 Å². The largest absolute Gasteiger partial charge is 0.465 e. The second-order valence-electron chi connectivity index (χ2n) is 5.49. The van der Waals surface area contributed by atoms with Crippen LogP contribution in [0.15, 0.2) is 0 Å². The maximum absolute atomic E-state index is 12.3. The maximum atomic E-state index is 12.3. The van der Waals surface area contributed by atoms with E-state index in [1.165, 1.54) is 0 Å². The summed E-state index contributed by atoms with van der Waals surface area (Å²) in [7, 11) is 0. The minimum Gasteiger partial charge on any atom is -0.465 e. The second-order valence-corrected chi connectivity index (χ2v) is 5.49. The fourth-order valence-corrected chi connectivity index (χ4v) is 3.84. The first-order valence-corrected chi connectivity index (χ1v) is 6.45. The first-order chi connectivity index (χ1) is 8.52. The Hall–Kier alpha value is -1.14. The molecule has 0 aromatic rings. The fourth-order valence-electron chi connectivity index (χ4n) is 3.84. The van der Waals surface area contributed by atoms with Gasteiger partial charge in [-0.3, -0.25) is 14.5 Å². The molecule has 0 saturated carbocycles. The number of rotatable bonds is 2. The number of ether oxygens (including phenoxy) is 1. The van der Waals surface area contributed by atoms with Crippen LogP contribution in [-0.4, -0.2) is 53.8 Å². The van der Waals surface area contributed by atoms with Crippen LogP contribution >= 0.6 is 0 Å². The fraction of sp³-hybridized carbons (Fsp3) is 0.833. The SMILES string of the molecule is CCOC(=O)C12CCN3CC1CC(=O)NC2(O)C3. The number of amides is 1. The van der Waals surface area contributed by atoms with Crippen molar-refractivity contribution in [2.45, 2.75) is 25.5 Å². The lowest BCUT2D eigenvalue weighted by Gasteiger charge is -2.62. The zero-order chi connectivity index (χ0) is 13.0. The number of nitrogens with one attached hydrogen (secondary N) is 1. The molecule has 4 heterocycles. The van der Waals surface area contributed by atoms with Crippen LogP contribution in [0.4, 0.5) is 0 Å². The molecule has 4 unspecified atom stereocenters. The van der Waals surface area contributed by atoms with Gasteiger partial charge in [0.2, 0.25) is 5.91 Å². The summed E-state index contributed by atoms with van der Waals surface area (Å²) < 4.78 is 5.17. The Bertz CT molecular complexity index is 413. The lowest BCUT2D eigenvalue weighted by atomic mass is 9.57. The van der Waals surface area contributed by atoms with Crippen molar-refractivity contribution in [3.8, 4) is 0 Å². The van der Waals surface area contributed by atoms with Gasteiger partial charge >= 0.3 is 5.97 Å². The maximum Gasteiger partial charge on any atom is 0.317 e. The van der Waals surface area contributed by atoms with E-state index in [2.05, 4.69) is 10.2 Å². The summed E-state index contributed by atoms with van der Waals surface area (Å²) in [6.07, 6.45) is 0.838. The first-order valence-electron chi connectivity index (χ1n) is 6.45. The van der Waals surface area contributed by atoms with E-state index in [0.29, 0.717) is 26.1 Å². The highest BCUT2D eigenvalue weighted by Gasteiger charge is 2.69. The Morgan fingerprint density at radius 3 is 3.11 bits per heavy atom. The minimum absolute atomic E-state index is 0.141. The Morgan fingerprint density at radius 1 is 1.67 bits per heavy atom. The zero-order valence-corrected chi connectivity index (χ0v) is 10.4. The smallest absolute Gasteiger partial charge is 0.317 e. The Morgan fingerprint density at radius 2 is 2.44 bits per heavy atom. The van der Waals surface area contributed by atoms with Crippen molar-refractivity contribution in [2.75, 3.05) is 26.2 Å². The van der Waals surface area contributed by atoms with Crippen LogP contribution in [0.5, 0.6) is 0 Å². The molecule has 0 aromatic carbocycles. The third-order valence-corrected chi connectivity index (χ3v) is 4.61. The van der Waals surface area contributed by atoms with Crippen LogP contribution in [0.25, 0.3) is 0 Å². The van der Waals surface area contributed by atoms with E-state index in [0.717, 1.165) is 6.54 Å². The van der Waals surface area contributed by atoms with Gasteiger partial charge in [0.15, 0.2) is 5.72 Å². The number of nitrogens with zero attached hydrogens (tertiary/aromatic N) is 1. The lowest BCUT2D eigenvalue weighted by Crippen LogP contribution is -2.80. The van der Waals surface area contributed by atoms with E-state index in [1.807, 2.05) is 0 Å². The zero-order valence-electron chi connectivity index (χ0n) is 10.4. The van der Waals surface area contributed by atoms with Gasteiger partial charge in [0.25, 0.3) is 0 Å². The van der Waals surface area contributed by atoms with Crippen LogP contribution in [0, 0.1) is 11.3 Å². The van der Waals surface area contributed by atoms with Gasteiger partial charge in [0.1, 0.15) is 5.41 Å². The molecule has 4 bridgehead atoms. The van der Waals surface area contributed by atoms with Gasteiger partial charge in [-0.25, -0.2) is 0 Å². The van der Waals surface area contributed by atoms with E-state index in [9.17, 15) is 14.7 Å². The molecule has 4 aliphatic rings. The number of fused-ring (bicyclic) bond motifs is 1. The highest BCUT2D eigenvalue weighted by molar-refractivity contribution is 5.86. The van der Waals surface area contributed by atoms with Crippen molar-refractivity contribution >= 4 is 11.9 Å². The highest BCUT2D eigenvalue weighted by atomic mass is 16.5. The van der Waals surface area contributed by atoms with Crippen LogP contribution in [0.3, 0.4) is 0 Å². The molecule has 100 valence electrons. The number of carbonyl (C=O) groups is 2. The lowest BCUT2D eigenvalue weighted by molar-refractivity contribution is -0.243. The predicted molar refractivity (Wildman–Crippen MR) is 61.3 cm³/mol. The van der Waals surface area contributed by atoms with Crippen LogP contribution in [-0.2, 0) is 14.3 Å². The normalized spacial score (nSPS) is 45.6. The molecule has 2 N–H and O–H groups in total. The topological polar surface area (TPSA) is 78.9 Å². The van der Waals surface area contributed by atoms with Gasteiger partial charge in [-0.15, -0.1) is 0 Å². The summed E-state index contributed by atoms with van der Waals surface area (Å²) in [5.41, 5.74) is -2.42. The molecule has 18 heavy (non-hydrogen) atoms. The van der Waals surface area contributed by atoms with Gasteiger partial charge in [0, 0.05) is 25.4 Å². The molecule has 6 nitrogen and oxygen atoms in total. The van der Waals surface area contributed by atoms with Crippen LogP contribution in [0.2, 0.25) is 0 Å². The van der Waals surface area contributed by atoms with Gasteiger partial charge in [-0.1, -0.05) is 0 Å². The first kappa shape index (κ1) is 11.9. The van der Waals surface area contributed by atoms with E-state index in [4.69, 9.17) is 4.74 Å². The molecule has 4 fully saturated rings. The van der Waals surface area contributed by atoms with Crippen molar-refractivity contribution in [1.29, 1.82) is 0 Å². The summed E-state index contributed by atoms with van der Waals surface area (Å²) in [6, 6.07) is 0. The van der Waals surface area contributed by atoms with E-state index in [-0.39, 0.29) is 24.2 Å². The summed E-state index contributed by atoms with van der Waals surface area (Å²) >= 11 is 0. The highest BCUT2D eigenvalue weighted by Crippen LogP contribution is 2.53.